The Labute approximate surface area is 94.4 Å². The van der Waals surface area contributed by atoms with E-state index in [1.165, 1.54) is 19.3 Å². The molecule has 1 aliphatic heterocycles. The zero-order valence-corrected chi connectivity index (χ0v) is 9.30. The lowest BCUT2D eigenvalue weighted by atomic mass is 10.2. The topological polar surface area (TPSA) is 54.2 Å². The number of aromatic nitrogens is 1. The van der Waals surface area contributed by atoms with Crippen LogP contribution >= 0.6 is 11.6 Å². The lowest BCUT2D eigenvalue weighted by molar-refractivity contribution is 0.272. The van der Waals surface area contributed by atoms with Gasteiger partial charge < -0.3 is 11.2 Å². The molecule has 0 amide bonds. The summed E-state index contributed by atoms with van der Waals surface area (Å²) in [5.74, 6) is 0.688. The van der Waals surface area contributed by atoms with E-state index in [4.69, 9.17) is 17.3 Å². The molecule has 0 radical (unpaired) electrons. The summed E-state index contributed by atoms with van der Waals surface area (Å²) in [7, 11) is 0. The highest BCUT2D eigenvalue weighted by Crippen LogP contribution is 2.22. The van der Waals surface area contributed by atoms with Crippen LogP contribution < -0.4 is 11.2 Å². The van der Waals surface area contributed by atoms with Gasteiger partial charge in [0.25, 0.3) is 0 Å². The summed E-state index contributed by atoms with van der Waals surface area (Å²) in [4.78, 5) is 4.16. The monoisotopic (exact) mass is 226 g/mol. The van der Waals surface area contributed by atoms with Gasteiger partial charge in [0, 0.05) is 13.1 Å². The van der Waals surface area contributed by atoms with E-state index in [-0.39, 0.29) is 0 Å². The fourth-order valence-electron chi connectivity index (χ4n) is 1.69. The number of anilines is 2. The van der Waals surface area contributed by atoms with Gasteiger partial charge in [-0.25, -0.2) is 9.99 Å². The number of nitrogens with zero attached hydrogens (tertiary/aromatic N) is 2. The first-order valence-corrected chi connectivity index (χ1v) is 5.56. The van der Waals surface area contributed by atoms with Gasteiger partial charge in [-0.1, -0.05) is 18.0 Å². The standard InChI is InChI=1S/C10H15ClN4/c11-9-6-8(12)7-13-10(9)14-15-4-2-1-3-5-15/h6-7H,1-5,12H2,(H,13,14). The molecule has 82 valence electrons. The molecule has 0 bridgehead atoms. The van der Waals surface area contributed by atoms with Gasteiger partial charge in [-0.15, -0.1) is 0 Å². The van der Waals surface area contributed by atoms with Gasteiger partial charge in [-0.05, 0) is 18.9 Å². The van der Waals surface area contributed by atoms with Gasteiger partial charge in [0.1, 0.15) is 0 Å². The van der Waals surface area contributed by atoms with Crippen LogP contribution in [0.3, 0.4) is 0 Å². The number of piperidine rings is 1. The van der Waals surface area contributed by atoms with E-state index in [9.17, 15) is 0 Å². The molecule has 0 saturated carbocycles. The number of nitrogens with one attached hydrogen (secondary N) is 1. The third-order valence-electron chi connectivity index (χ3n) is 2.48. The highest BCUT2D eigenvalue weighted by molar-refractivity contribution is 6.33. The number of halogens is 1. The Bertz CT molecular complexity index is 336. The summed E-state index contributed by atoms with van der Waals surface area (Å²) in [6.45, 7) is 2.09. The molecule has 2 rings (SSSR count). The maximum absolute atomic E-state index is 6.02. The molecule has 1 fully saturated rings. The molecule has 15 heavy (non-hydrogen) atoms. The molecule has 0 aliphatic carbocycles. The van der Waals surface area contributed by atoms with Gasteiger partial charge in [0.2, 0.25) is 0 Å². The molecule has 1 aromatic rings. The number of hydrogen-bond donors (Lipinski definition) is 2. The average Bonchev–Trinajstić information content (AvgIpc) is 2.24. The smallest absolute Gasteiger partial charge is 0.159 e. The van der Waals surface area contributed by atoms with Gasteiger partial charge in [-0.3, -0.25) is 0 Å². The van der Waals surface area contributed by atoms with Gasteiger partial charge in [-0.2, -0.15) is 0 Å². The number of hydrogen-bond acceptors (Lipinski definition) is 4. The second kappa shape index (κ2) is 4.68. The van der Waals surface area contributed by atoms with Crippen LogP contribution in [0, 0.1) is 0 Å². The Balaban J connectivity index is 2.03. The first-order valence-electron chi connectivity index (χ1n) is 5.18. The number of rotatable bonds is 2. The minimum Gasteiger partial charge on any atom is -0.397 e. The van der Waals surface area contributed by atoms with Crippen molar-refractivity contribution in [2.24, 2.45) is 0 Å². The molecule has 0 aromatic carbocycles. The summed E-state index contributed by atoms with van der Waals surface area (Å²) in [5, 5.41) is 2.72. The van der Waals surface area contributed by atoms with Gasteiger partial charge >= 0.3 is 0 Å². The largest absolute Gasteiger partial charge is 0.397 e. The van der Waals surface area contributed by atoms with Crippen LogP contribution in [0.4, 0.5) is 11.5 Å². The van der Waals surface area contributed by atoms with E-state index in [0.29, 0.717) is 16.5 Å². The molecule has 0 unspecified atom stereocenters. The van der Waals surface area contributed by atoms with Crippen molar-refractivity contribution in [3.05, 3.63) is 17.3 Å². The first kappa shape index (κ1) is 10.5. The summed E-state index contributed by atoms with van der Waals surface area (Å²) in [5.41, 5.74) is 9.37. The summed E-state index contributed by atoms with van der Waals surface area (Å²) in [6, 6.07) is 1.71. The van der Waals surface area contributed by atoms with Gasteiger partial charge in [0.05, 0.1) is 16.9 Å². The second-order valence-corrected chi connectivity index (χ2v) is 4.17. The normalized spacial score (nSPS) is 17.7. The molecular formula is C10H15ClN4. The van der Waals surface area contributed by atoms with Crippen molar-refractivity contribution in [3.63, 3.8) is 0 Å². The SMILES string of the molecule is Nc1cnc(NN2CCCCC2)c(Cl)c1. The van der Waals surface area contributed by atoms with Crippen LogP contribution in [0.15, 0.2) is 12.3 Å². The van der Waals surface area contributed by atoms with Crippen molar-refractivity contribution in [2.75, 3.05) is 24.2 Å². The lowest BCUT2D eigenvalue weighted by Gasteiger charge is -2.27. The fourth-order valence-corrected chi connectivity index (χ4v) is 1.91. The van der Waals surface area contributed by atoms with Crippen LogP contribution in [0.5, 0.6) is 0 Å². The van der Waals surface area contributed by atoms with E-state index < -0.39 is 0 Å². The number of nitrogen functional groups attached to an aromatic ring is 1. The lowest BCUT2D eigenvalue weighted by Crippen LogP contribution is -2.35. The molecular weight excluding hydrogens is 212 g/mol. The number of nitrogens with two attached hydrogens (primary N) is 1. The van der Waals surface area contributed by atoms with E-state index in [2.05, 4.69) is 15.4 Å². The Hall–Kier alpha value is -1.00. The Morgan fingerprint density at radius 3 is 2.73 bits per heavy atom. The molecule has 1 aromatic heterocycles. The maximum atomic E-state index is 6.02. The number of hydrazine groups is 1. The fraction of sp³-hybridized carbons (Fsp3) is 0.500. The molecule has 0 spiro atoms. The van der Waals surface area contributed by atoms with Crippen molar-refractivity contribution >= 4 is 23.1 Å². The average molecular weight is 227 g/mol. The van der Waals surface area contributed by atoms with E-state index >= 15 is 0 Å². The van der Waals surface area contributed by atoms with E-state index in [1.807, 2.05) is 0 Å². The Morgan fingerprint density at radius 1 is 1.33 bits per heavy atom. The first-order chi connectivity index (χ1) is 7.25. The summed E-state index contributed by atoms with van der Waals surface area (Å²) < 4.78 is 0. The minimum atomic E-state index is 0.570. The van der Waals surface area contributed by atoms with Crippen molar-refractivity contribution in [3.8, 4) is 0 Å². The van der Waals surface area contributed by atoms with Crippen LogP contribution in [-0.4, -0.2) is 23.1 Å². The molecule has 2 heterocycles. The number of pyridine rings is 1. The molecule has 1 saturated heterocycles. The summed E-state index contributed by atoms with van der Waals surface area (Å²) in [6.07, 6.45) is 5.36. The predicted molar refractivity (Wildman–Crippen MR) is 62.7 cm³/mol. The van der Waals surface area contributed by atoms with Gasteiger partial charge in [0.15, 0.2) is 5.82 Å². The van der Waals surface area contributed by atoms with Crippen molar-refractivity contribution in [2.45, 2.75) is 19.3 Å². The van der Waals surface area contributed by atoms with Crippen molar-refractivity contribution in [1.29, 1.82) is 0 Å². The molecule has 4 nitrogen and oxygen atoms in total. The van der Waals surface area contributed by atoms with E-state index in [0.717, 1.165) is 13.1 Å². The summed E-state index contributed by atoms with van der Waals surface area (Å²) >= 11 is 6.02. The highest BCUT2D eigenvalue weighted by atomic mass is 35.5. The van der Waals surface area contributed by atoms with Crippen LogP contribution in [0.2, 0.25) is 5.02 Å². The van der Waals surface area contributed by atoms with E-state index in [1.54, 1.807) is 12.3 Å². The zero-order chi connectivity index (χ0) is 10.7. The Kier molecular flexibility index (Phi) is 3.28. The molecule has 1 aliphatic rings. The molecule has 0 atom stereocenters. The third-order valence-corrected chi connectivity index (χ3v) is 2.77. The van der Waals surface area contributed by atoms with Crippen LogP contribution in [0.1, 0.15) is 19.3 Å². The highest BCUT2D eigenvalue weighted by Gasteiger charge is 2.11. The predicted octanol–water partition coefficient (Wildman–Crippen LogP) is 2.13. The minimum absolute atomic E-state index is 0.570. The third kappa shape index (κ3) is 2.73. The zero-order valence-electron chi connectivity index (χ0n) is 8.54. The molecule has 3 N–H and O–H groups in total. The Morgan fingerprint density at radius 2 is 2.07 bits per heavy atom. The quantitative estimate of drug-likeness (QED) is 0.811. The van der Waals surface area contributed by atoms with Crippen LogP contribution in [-0.2, 0) is 0 Å². The van der Waals surface area contributed by atoms with Crippen molar-refractivity contribution in [1.82, 2.24) is 9.99 Å². The second-order valence-electron chi connectivity index (χ2n) is 3.76. The molecule has 5 heteroatoms. The van der Waals surface area contributed by atoms with Crippen molar-refractivity contribution < 1.29 is 0 Å². The van der Waals surface area contributed by atoms with Crippen LogP contribution in [0.25, 0.3) is 0 Å². The maximum Gasteiger partial charge on any atom is 0.159 e.